The van der Waals surface area contributed by atoms with E-state index in [9.17, 15) is 19.1 Å². The Morgan fingerprint density at radius 2 is 1.84 bits per heavy atom. The predicted octanol–water partition coefficient (Wildman–Crippen LogP) is 6.28. The largest absolute Gasteiger partial charge is 0.496 e. The molecule has 6 nitrogen and oxygen atoms in total. The number of aromatic nitrogens is 1. The van der Waals surface area contributed by atoms with Gasteiger partial charge in [-0.15, -0.1) is 0 Å². The molecule has 1 heterocycles. The fourth-order valence-corrected chi connectivity index (χ4v) is 4.96. The van der Waals surface area contributed by atoms with Crippen LogP contribution < -0.4 is 10.1 Å². The van der Waals surface area contributed by atoms with E-state index in [0.717, 1.165) is 10.0 Å². The molecule has 0 saturated carbocycles. The Morgan fingerprint density at radius 1 is 1.11 bits per heavy atom. The Morgan fingerprint density at radius 3 is 2.51 bits per heavy atom. The van der Waals surface area contributed by atoms with Gasteiger partial charge in [0.15, 0.2) is 0 Å². The number of carbonyl (C=O) groups excluding carboxylic acids is 1. The summed E-state index contributed by atoms with van der Waals surface area (Å²) < 4.78 is 20.4. The van der Waals surface area contributed by atoms with Crippen LogP contribution in [0.5, 0.6) is 5.75 Å². The van der Waals surface area contributed by atoms with Gasteiger partial charge in [0.2, 0.25) is 0 Å². The summed E-state index contributed by atoms with van der Waals surface area (Å²) in [5, 5.41) is 13.2. The van der Waals surface area contributed by atoms with E-state index in [1.807, 2.05) is 55.5 Å². The molecule has 0 fully saturated rings. The van der Waals surface area contributed by atoms with Crippen molar-refractivity contribution in [2.45, 2.75) is 25.7 Å². The van der Waals surface area contributed by atoms with Gasteiger partial charge >= 0.3 is 5.97 Å². The molecule has 0 saturated heterocycles. The van der Waals surface area contributed by atoms with Gasteiger partial charge in [0.05, 0.1) is 30.3 Å². The van der Waals surface area contributed by atoms with Crippen molar-refractivity contribution < 1.29 is 23.8 Å². The Balaban J connectivity index is 1.79. The standard InChI is InChI=1S/C29H26BrFN2O4/c1-17-26(21-13-19(30)9-11-23(21)33-27(17)18-7-5-4-6-8-18)28(36)32-16-29(2,15-25(34)35)22-14-20(31)10-12-24(22)37-3/h4-14H,15-16H2,1-3H3,(H,32,36)(H,34,35)/t29-/m0/s1. The van der Waals surface area contributed by atoms with E-state index in [1.54, 1.807) is 6.92 Å². The Bertz CT molecular complexity index is 1490. The highest BCUT2D eigenvalue weighted by molar-refractivity contribution is 9.10. The van der Waals surface area contributed by atoms with Crippen molar-refractivity contribution in [3.63, 3.8) is 0 Å². The minimum atomic E-state index is -1.14. The molecule has 1 amide bonds. The van der Waals surface area contributed by atoms with Gasteiger partial charge in [-0.05, 0) is 48.9 Å². The molecule has 1 aromatic heterocycles. The summed E-state index contributed by atoms with van der Waals surface area (Å²) in [6.07, 6.45) is -0.343. The van der Waals surface area contributed by atoms with Gasteiger partial charge in [-0.25, -0.2) is 9.37 Å². The molecule has 1 atom stereocenters. The number of halogens is 2. The van der Waals surface area contributed by atoms with Crippen LogP contribution in [0, 0.1) is 12.7 Å². The SMILES string of the molecule is COc1ccc(F)cc1[C@](C)(CNC(=O)c1c(C)c(-c2ccccc2)nc2ccc(Br)cc12)CC(=O)O. The molecule has 0 unspecified atom stereocenters. The normalized spacial score (nSPS) is 12.7. The van der Waals surface area contributed by atoms with Crippen LogP contribution in [0.15, 0.2) is 71.2 Å². The van der Waals surface area contributed by atoms with Crippen LogP contribution in [0.1, 0.15) is 34.8 Å². The smallest absolute Gasteiger partial charge is 0.304 e. The fourth-order valence-electron chi connectivity index (χ4n) is 4.60. The molecule has 3 aromatic carbocycles. The molecule has 4 aromatic rings. The highest BCUT2D eigenvalue weighted by atomic mass is 79.9. The molecule has 8 heteroatoms. The van der Waals surface area contributed by atoms with E-state index in [4.69, 9.17) is 9.72 Å². The molecule has 0 aliphatic carbocycles. The van der Waals surface area contributed by atoms with Crippen molar-refractivity contribution in [3.8, 4) is 17.0 Å². The number of aliphatic carboxylic acids is 1. The second kappa shape index (κ2) is 10.7. The molecular formula is C29H26BrFN2O4. The summed E-state index contributed by atoms with van der Waals surface area (Å²) >= 11 is 3.48. The van der Waals surface area contributed by atoms with Crippen molar-refractivity contribution in [1.82, 2.24) is 10.3 Å². The maximum Gasteiger partial charge on any atom is 0.304 e. The van der Waals surface area contributed by atoms with Crippen molar-refractivity contribution in [2.75, 3.05) is 13.7 Å². The number of amides is 1. The summed E-state index contributed by atoms with van der Waals surface area (Å²) in [5.41, 5.74) is 2.56. The third-order valence-corrected chi connectivity index (χ3v) is 6.95. The number of carboxylic acid groups (broad SMARTS) is 1. The number of methoxy groups -OCH3 is 1. The van der Waals surface area contributed by atoms with Gasteiger partial charge in [0, 0.05) is 32.9 Å². The average Bonchev–Trinajstić information content (AvgIpc) is 2.87. The van der Waals surface area contributed by atoms with Gasteiger partial charge < -0.3 is 15.2 Å². The van der Waals surface area contributed by atoms with E-state index in [-0.39, 0.29) is 18.9 Å². The number of carboxylic acids is 1. The van der Waals surface area contributed by atoms with Crippen LogP contribution in [0.25, 0.3) is 22.2 Å². The van der Waals surface area contributed by atoms with Gasteiger partial charge in [0.25, 0.3) is 5.91 Å². The van der Waals surface area contributed by atoms with Crippen LogP contribution in [-0.2, 0) is 10.2 Å². The maximum atomic E-state index is 14.2. The van der Waals surface area contributed by atoms with Gasteiger partial charge in [-0.2, -0.15) is 0 Å². The van der Waals surface area contributed by atoms with Gasteiger partial charge in [0.1, 0.15) is 11.6 Å². The van der Waals surface area contributed by atoms with Crippen molar-refractivity contribution in [2.24, 2.45) is 0 Å². The second-order valence-corrected chi connectivity index (χ2v) is 10.1. The van der Waals surface area contributed by atoms with E-state index >= 15 is 0 Å². The third-order valence-electron chi connectivity index (χ3n) is 6.46. The summed E-state index contributed by atoms with van der Waals surface area (Å²) in [6, 6.07) is 19.1. The average molecular weight is 565 g/mol. The lowest BCUT2D eigenvalue weighted by Crippen LogP contribution is -2.41. The van der Waals surface area contributed by atoms with Crippen LogP contribution >= 0.6 is 15.9 Å². The first-order valence-corrected chi connectivity index (χ1v) is 12.4. The van der Waals surface area contributed by atoms with Crippen LogP contribution in [0.3, 0.4) is 0 Å². The first kappa shape index (κ1) is 26.3. The highest BCUT2D eigenvalue weighted by Crippen LogP contribution is 2.36. The number of carbonyl (C=O) groups is 2. The quantitative estimate of drug-likeness (QED) is 0.263. The zero-order valence-corrected chi connectivity index (χ0v) is 22.2. The van der Waals surface area contributed by atoms with E-state index in [1.165, 1.54) is 25.3 Å². The lowest BCUT2D eigenvalue weighted by Gasteiger charge is -2.30. The molecule has 190 valence electrons. The topological polar surface area (TPSA) is 88.5 Å². The molecule has 0 aliphatic heterocycles. The number of fused-ring (bicyclic) bond motifs is 1. The van der Waals surface area contributed by atoms with E-state index in [0.29, 0.717) is 39.0 Å². The van der Waals surface area contributed by atoms with E-state index < -0.39 is 17.2 Å². The summed E-state index contributed by atoms with van der Waals surface area (Å²) in [7, 11) is 1.44. The minimum absolute atomic E-state index is 0.0596. The van der Waals surface area contributed by atoms with Gasteiger partial charge in [-0.1, -0.05) is 53.2 Å². The number of hydrogen-bond acceptors (Lipinski definition) is 4. The molecule has 0 bridgehead atoms. The van der Waals surface area contributed by atoms with Crippen LogP contribution in [-0.4, -0.2) is 35.6 Å². The van der Waals surface area contributed by atoms with E-state index in [2.05, 4.69) is 21.2 Å². The minimum Gasteiger partial charge on any atom is -0.496 e. The summed E-state index contributed by atoms with van der Waals surface area (Å²) in [6.45, 7) is 3.45. The van der Waals surface area contributed by atoms with Gasteiger partial charge in [-0.3, -0.25) is 9.59 Å². The van der Waals surface area contributed by atoms with Crippen molar-refractivity contribution in [1.29, 1.82) is 0 Å². The molecule has 0 radical (unpaired) electrons. The predicted molar refractivity (Wildman–Crippen MR) is 145 cm³/mol. The number of nitrogens with zero attached hydrogens (tertiary/aromatic N) is 1. The maximum absolute atomic E-state index is 14.2. The molecule has 0 aliphatic rings. The highest BCUT2D eigenvalue weighted by Gasteiger charge is 2.34. The molecular weight excluding hydrogens is 539 g/mol. The Kier molecular flexibility index (Phi) is 7.59. The first-order valence-electron chi connectivity index (χ1n) is 11.6. The lowest BCUT2D eigenvalue weighted by molar-refractivity contribution is -0.138. The lowest BCUT2D eigenvalue weighted by atomic mass is 9.78. The van der Waals surface area contributed by atoms with Crippen molar-refractivity contribution in [3.05, 3.63) is 93.7 Å². The van der Waals surface area contributed by atoms with Crippen LogP contribution in [0.4, 0.5) is 4.39 Å². The molecule has 2 N–H and O–H groups in total. The number of nitrogens with one attached hydrogen (secondary N) is 1. The number of rotatable bonds is 8. The van der Waals surface area contributed by atoms with Crippen molar-refractivity contribution >= 4 is 38.7 Å². The Hall–Kier alpha value is -3.78. The zero-order valence-electron chi connectivity index (χ0n) is 20.6. The number of hydrogen-bond donors (Lipinski definition) is 2. The first-order chi connectivity index (χ1) is 17.6. The summed E-state index contributed by atoms with van der Waals surface area (Å²) in [4.78, 5) is 30.4. The summed E-state index contributed by atoms with van der Waals surface area (Å²) in [5.74, 6) is -1.64. The fraction of sp³-hybridized carbons (Fsp3) is 0.207. The van der Waals surface area contributed by atoms with Crippen LogP contribution in [0.2, 0.25) is 0 Å². The zero-order chi connectivity index (χ0) is 26.7. The third kappa shape index (κ3) is 5.49. The monoisotopic (exact) mass is 564 g/mol. The number of benzene rings is 3. The number of pyridine rings is 1. The molecule has 37 heavy (non-hydrogen) atoms. The molecule has 0 spiro atoms. The molecule has 4 rings (SSSR count). The second-order valence-electron chi connectivity index (χ2n) is 9.15. The Labute approximate surface area is 222 Å². The number of ether oxygens (including phenoxy) is 1.